The average Bonchev–Trinajstić information content (AvgIpc) is 3.32. The van der Waals surface area contributed by atoms with Gasteiger partial charge in [0.05, 0.1) is 11.9 Å². The highest BCUT2D eigenvalue weighted by Crippen LogP contribution is 2.33. The van der Waals surface area contributed by atoms with Crippen molar-refractivity contribution in [3.63, 3.8) is 0 Å². The van der Waals surface area contributed by atoms with Crippen LogP contribution in [0, 0.1) is 5.82 Å². The quantitative estimate of drug-likeness (QED) is 0.375. The van der Waals surface area contributed by atoms with Gasteiger partial charge in [-0.25, -0.2) is 4.39 Å². The van der Waals surface area contributed by atoms with Crippen LogP contribution in [-0.4, -0.2) is 44.7 Å². The van der Waals surface area contributed by atoms with Crippen LogP contribution in [0.3, 0.4) is 0 Å². The summed E-state index contributed by atoms with van der Waals surface area (Å²) in [5.41, 5.74) is 4.83. The van der Waals surface area contributed by atoms with Crippen molar-refractivity contribution in [3.05, 3.63) is 91.4 Å². The summed E-state index contributed by atoms with van der Waals surface area (Å²) in [7, 11) is 3.45. The van der Waals surface area contributed by atoms with Crippen LogP contribution in [0.1, 0.15) is 0 Å². The van der Waals surface area contributed by atoms with Crippen LogP contribution in [0.2, 0.25) is 0 Å². The number of benzene rings is 2. The Kier molecular flexibility index (Phi) is 5.59. The van der Waals surface area contributed by atoms with Crippen molar-refractivity contribution in [2.75, 3.05) is 14.1 Å². The van der Waals surface area contributed by atoms with Crippen LogP contribution in [0.5, 0.6) is 0 Å². The van der Waals surface area contributed by atoms with Crippen molar-refractivity contribution in [2.24, 2.45) is 0 Å². The molecule has 5 rings (SSSR count). The van der Waals surface area contributed by atoms with Gasteiger partial charge >= 0.3 is 0 Å². The van der Waals surface area contributed by atoms with Gasteiger partial charge in [0, 0.05) is 61.0 Å². The first kappa shape index (κ1) is 21.5. The molecule has 34 heavy (non-hydrogen) atoms. The van der Waals surface area contributed by atoms with E-state index in [0.29, 0.717) is 11.3 Å². The van der Waals surface area contributed by atoms with Gasteiger partial charge in [-0.3, -0.25) is 19.4 Å². The Labute approximate surface area is 196 Å². The molecule has 0 spiro atoms. The standard InChI is InChI=1S/C27H22FN5O/c1-32(2)27(34)17-33-16-21(14-31-33)18-6-8-19(9-7-18)24-15-29-13-20-11-25(28)23(12-22(20)24)26-5-3-4-10-30-26/h3-16H,17H2,1-2H3. The van der Waals surface area contributed by atoms with Gasteiger partial charge in [-0.1, -0.05) is 30.3 Å². The molecule has 0 aliphatic rings. The third-order valence-electron chi connectivity index (χ3n) is 5.75. The molecule has 7 heteroatoms. The molecule has 168 valence electrons. The fourth-order valence-corrected chi connectivity index (χ4v) is 3.86. The molecule has 3 heterocycles. The molecule has 0 saturated carbocycles. The predicted molar refractivity (Wildman–Crippen MR) is 130 cm³/mol. The highest BCUT2D eigenvalue weighted by molar-refractivity contribution is 5.98. The first-order chi connectivity index (χ1) is 16.5. The summed E-state index contributed by atoms with van der Waals surface area (Å²) in [5, 5.41) is 5.93. The Morgan fingerprint density at radius 3 is 2.47 bits per heavy atom. The Hall–Kier alpha value is -4.39. The minimum atomic E-state index is -0.328. The summed E-state index contributed by atoms with van der Waals surface area (Å²) < 4.78 is 16.4. The Morgan fingerprint density at radius 1 is 0.941 bits per heavy atom. The Balaban J connectivity index is 1.49. The van der Waals surface area contributed by atoms with Gasteiger partial charge in [0.2, 0.25) is 5.91 Å². The Morgan fingerprint density at radius 2 is 1.74 bits per heavy atom. The molecule has 0 aliphatic heterocycles. The lowest BCUT2D eigenvalue weighted by Gasteiger charge is -2.10. The highest BCUT2D eigenvalue weighted by Gasteiger charge is 2.13. The van der Waals surface area contributed by atoms with E-state index in [-0.39, 0.29) is 18.3 Å². The first-order valence-corrected chi connectivity index (χ1v) is 10.8. The topological polar surface area (TPSA) is 63.9 Å². The van der Waals surface area contributed by atoms with E-state index in [4.69, 9.17) is 0 Å². The van der Waals surface area contributed by atoms with Crippen LogP contribution in [-0.2, 0) is 11.3 Å². The number of rotatable bonds is 5. The van der Waals surface area contributed by atoms with Crippen molar-refractivity contribution >= 4 is 16.7 Å². The number of amides is 1. The third-order valence-corrected chi connectivity index (χ3v) is 5.75. The van der Waals surface area contributed by atoms with E-state index in [0.717, 1.165) is 33.0 Å². The van der Waals surface area contributed by atoms with E-state index >= 15 is 0 Å². The molecule has 0 saturated heterocycles. The lowest BCUT2D eigenvalue weighted by atomic mass is 9.96. The number of fused-ring (bicyclic) bond motifs is 1. The van der Waals surface area contributed by atoms with Gasteiger partial charge in [0.1, 0.15) is 12.4 Å². The summed E-state index contributed by atoms with van der Waals surface area (Å²) in [6.07, 6.45) is 8.73. The smallest absolute Gasteiger partial charge is 0.243 e. The fourth-order valence-electron chi connectivity index (χ4n) is 3.86. The van der Waals surface area contributed by atoms with Gasteiger partial charge in [-0.05, 0) is 40.8 Å². The molecule has 0 radical (unpaired) electrons. The zero-order valence-corrected chi connectivity index (χ0v) is 18.8. The van der Waals surface area contributed by atoms with Crippen molar-refractivity contribution in [1.29, 1.82) is 0 Å². The third kappa shape index (κ3) is 4.15. The maximum absolute atomic E-state index is 14.8. The van der Waals surface area contributed by atoms with Crippen LogP contribution < -0.4 is 0 Å². The fraction of sp³-hybridized carbons (Fsp3) is 0.111. The van der Waals surface area contributed by atoms with Gasteiger partial charge in [-0.2, -0.15) is 5.10 Å². The molecule has 0 bridgehead atoms. The zero-order valence-electron chi connectivity index (χ0n) is 18.8. The number of pyridine rings is 2. The summed E-state index contributed by atoms with van der Waals surface area (Å²) in [4.78, 5) is 22.1. The molecule has 0 unspecified atom stereocenters. The number of nitrogens with zero attached hydrogens (tertiary/aromatic N) is 5. The molecule has 0 atom stereocenters. The maximum atomic E-state index is 14.8. The minimum absolute atomic E-state index is 0.0186. The number of carbonyl (C=O) groups excluding carboxylic acids is 1. The van der Waals surface area contributed by atoms with Gasteiger partial charge in [0.15, 0.2) is 0 Å². The zero-order chi connectivity index (χ0) is 23.7. The van der Waals surface area contributed by atoms with Crippen molar-refractivity contribution in [2.45, 2.75) is 6.54 Å². The molecular weight excluding hydrogens is 429 g/mol. The number of aromatic nitrogens is 4. The van der Waals surface area contributed by atoms with E-state index < -0.39 is 0 Å². The van der Waals surface area contributed by atoms with Crippen molar-refractivity contribution in [1.82, 2.24) is 24.6 Å². The summed E-state index contributed by atoms with van der Waals surface area (Å²) in [5.74, 6) is -0.347. The summed E-state index contributed by atoms with van der Waals surface area (Å²) in [6, 6.07) is 16.8. The van der Waals surface area contributed by atoms with Crippen LogP contribution in [0.4, 0.5) is 4.39 Å². The maximum Gasteiger partial charge on any atom is 0.243 e. The second-order valence-electron chi connectivity index (χ2n) is 8.25. The van der Waals surface area contributed by atoms with Crippen LogP contribution in [0.25, 0.3) is 44.3 Å². The Bertz CT molecular complexity index is 1480. The summed E-state index contributed by atoms with van der Waals surface area (Å²) in [6.45, 7) is 0.196. The van der Waals surface area contributed by atoms with Crippen LogP contribution >= 0.6 is 0 Å². The largest absolute Gasteiger partial charge is 0.347 e. The molecule has 1 amide bonds. The normalized spacial score (nSPS) is 11.0. The molecule has 6 nitrogen and oxygen atoms in total. The highest BCUT2D eigenvalue weighted by atomic mass is 19.1. The monoisotopic (exact) mass is 451 g/mol. The van der Waals surface area contributed by atoms with E-state index in [1.807, 2.05) is 48.7 Å². The van der Waals surface area contributed by atoms with Crippen molar-refractivity contribution < 1.29 is 9.18 Å². The van der Waals surface area contributed by atoms with Crippen molar-refractivity contribution in [3.8, 4) is 33.5 Å². The number of likely N-dealkylation sites (N-methyl/N-ethyl adjacent to an activating group) is 1. The van der Waals surface area contributed by atoms with Gasteiger partial charge < -0.3 is 4.90 Å². The number of hydrogen-bond donors (Lipinski definition) is 0. The number of halogens is 1. The molecule has 0 fully saturated rings. The van der Waals surface area contributed by atoms with E-state index in [2.05, 4.69) is 15.1 Å². The lowest BCUT2D eigenvalue weighted by molar-refractivity contribution is -0.129. The molecule has 0 N–H and O–H groups in total. The van der Waals surface area contributed by atoms with Gasteiger partial charge in [-0.15, -0.1) is 0 Å². The van der Waals surface area contributed by atoms with E-state index in [1.54, 1.807) is 54.5 Å². The predicted octanol–water partition coefficient (Wildman–Crippen LogP) is 5.05. The molecule has 2 aromatic carbocycles. The average molecular weight is 452 g/mol. The first-order valence-electron chi connectivity index (χ1n) is 10.8. The second kappa shape index (κ2) is 8.86. The van der Waals surface area contributed by atoms with Gasteiger partial charge in [0.25, 0.3) is 0 Å². The molecule has 5 aromatic rings. The number of hydrogen-bond acceptors (Lipinski definition) is 4. The van der Waals surface area contributed by atoms with Crippen LogP contribution in [0.15, 0.2) is 85.6 Å². The van der Waals surface area contributed by atoms with E-state index in [9.17, 15) is 9.18 Å². The SMILES string of the molecule is CN(C)C(=O)Cn1cc(-c2ccc(-c3cncc4cc(F)c(-c5ccccn5)cc34)cc2)cn1. The summed E-state index contributed by atoms with van der Waals surface area (Å²) >= 11 is 0. The molecule has 3 aromatic heterocycles. The molecular formula is C27H22FN5O. The number of carbonyl (C=O) groups is 1. The minimum Gasteiger partial charge on any atom is -0.347 e. The molecule has 0 aliphatic carbocycles. The second-order valence-corrected chi connectivity index (χ2v) is 8.25. The lowest BCUT2D eigenvalue weighted by Crippen LogP contribution is -2.26. The van der Waals surface area contributed by atoms with E-state index in [1.165, 1.54) is 6.07 Å².